The molecule has 0 amide bonds. The molecule has 0 aliphatic heterocycles. The van der Waals surface area contributed by atoms with Crippen LogP contribution in [0.25, 0.3) is 0 Å². The molecule has 1 aromatic carbocycles. The number of nitro benzene ring substituents is 1. The summed E-state index contributed by atoms with van der Waals surface area (Å²) >= 11 is 0. The number of benzene rings is 1. The zero-order valence-corrected chi connectivity index (χ0v) is 13.4. The van der Waals surface area contributed by atoms with Crippen LogP contribution in [0.1, 0.15) is 30.3 Å². The Morgan fingerprint density at radius 3 is 2.55 bits per heavy atom. The van der Waals surface area contributed by atoms with Crippen LogP contribution in [0, 0.1) is 24.0 Å². The zero-order chi connectivity index (χ0) is 16.5. The van der Waals surface area contributed by atoms with E-state index in [-0.39, 0.29) is 10.6 Å². The summed E-state index contributed by atoms with van der Waals surface area (Å²) in [5.41, 5.74) is 0.643. The lowest BCUT2D eigenvalue weighted by Gasteiger charge is -2.12. The van der Waals surface area contributed by atoms with Gasteiger partial charge in [-0.3, -0.25) is 10.1 Å². The van der Waals surface area contributed by atoms with Crippen LogP contribution in [0.4, 0.5) is 5.69 Å². The molecular weight excluding hydrogens is 306 g/mol. The minimum Gasteiger partial charge on any atom is -0.258 e. The van der Waals surface area contributed by atoms with E-state index in [1.165, 1.54) is 24.5 Å². The molecule has 8 heteroatoms. The minimum absolute atomic E-state index is 0.0611. The number of rotatable bonds is 5. The minimum atomic E-state index is -3.81. The van der Waals surface area contributed by atoms with E-state index < -0.39 is 14.9 Å². The summed E-state index contributed by atoms with van der Waals surface area (Å²) in [5.74, 6) is 0.456. The van der Waals surface area contributed by atoms with Crippen LogP contribution in [0.3, 0.4) is 0 Å². The van der Waals surface area contributed by atoms with E-state index in [9.17, 15) is 18.5 Å². The van der Waals surface area contributed by atoms with E-state index in [1.54, 1.807) is 13.8 Å². The van der Waals surface area contributed by atoms with Crippen LogP contribution < -0.4 is 0 Å². The number of aryl methyl sites for hydroxylation is 1. The van der Waals surface area contributed by atoms with Crippen molar-refractivity contribution < 1.29 is 13.3 Å². The summed E-state index contributed by atoms with van der Waals surface area (Å²) in [7, 11) is -3.81. The highest BCUT2D eigenvalue weighted by Gasteiger charge is 2.25. The van der Waals surface area contributed by atoms with Gasteiger partial charge in [-0.1, -0.05) is 6.92 Å². The van der Waals surface area contributed by atoms with Gasteiger partial charge in [-0.2, -0.15) is 0 Å². The maximum atomic E-state index is 12.8. The van der Waals surface area contributed by atoms with Crippen LogP contribution in [-0.4, -0.2) is 22.3 Å². The van der Waals surface area contributed by atoms with Crippen molar-refractivity contribution in [3.05, 3.63) is 51.6 Å². The average molecular weight is 323 g/mol. The zero-order valence-electron chi connectivity index (χ0n) is 12.6. The van der Waals surface area contributed by atoms with Crippen molar-refractivity contribution in [2.24, 2.45) is 0 Å². The molecule has 1 aromatic heterocycles. The van der Waals surface area contributed by atoms with Crippen LogP contribution in [0.5, 0.6) is 0 Å². The Balaban J connectivity index is 2.62. The quantitative estimate of drug-likeness (QED) is 0.622. The molecular formula is C14H17N3O4S. The molecule has 0 bridgehead atoms. The highest BCUT2D eigenvalue weighted by atomic mass is 32.2. The van der Waals surface area contributed by atoms with Crippen LogP contribution in [-0.2, 0) is 16.4 Å². The van der Waals surface area contributed by atoms with E-state index in [1.807, 2.05) is 6.92 Å². The Hall–Kier alpha value is -2.22. The Morgan fingerprint density at radius 1 is 1.27 bits per heavy atom. The van der Waals surface area contributed by atoms with Crippen LogP contribution in [0.15, 0.2) is 29.4 Å². The van der Waals surface area contributed by atoms with Gasteiger partial charge in [0.15, 0.2) is 0 Å². The lowest BCUT2D eigenvalue weighted by atomic mass is 10.1. The summed E-state index contributed by atoms with van der Waals surface area (Å²) in [6, 6.07) is 2.51. The Bertz CT molecular complexity index is 825. The third-order valence-electron chi connectivity index (χ3n) is 3.60. The van der Waals surface area contributed by atoms with E-state index in [4.69, 9.17) is 0 Å². The lowest BCUT2D eigenvalue weighted by molar-refractivity contribution is -0.385. The molecule has 0 saturated carbocycles. The van der Waals surface area contributed by atoms with Gasteiger partial charge >= 0.3 is 0 Å². The van der Waals surface area contributed by atoms with Gasteiger partial charge in [-0.15, -0.1) is 0 Å². The van der Waals surface area contributed by atoms with Gasteiger partial charge in [0.2, 0.25) is 0 Å². The molecule has 0 spiro atoms. The molecule has 0 atom stereocenters. The number of aromatic nitrogens is 2. The standard InChI is InChI=1S/C14H17N3O4S/c1-4-5-14-15-8-9-16(14)22(20,21)13-7-6-12(17(18)19)10(2)11(13)3/h6-9H,4-5H2,1-3H3. The molecule has 0 aliphatic rings. The van der Waals surface area contributed by atoms with Crippen molar-refractivity contribution in [1.82, 2.24) is 8.96 Å². The molecule has 0 radical (unpaired) electrons. The lowest BCUT2D eigenvalue weighted by Crippen LogP contribution is -2.17. The Labute approximate surface area is 128 Å². The topological polar surface area (TPSA) is 95.1 Å². The molecule has 0 N–H and O–H groups in total. The number of hydrogen-bond acceptors (Lipinski definition) is 5. The van der Waals surface area contributed by atoms with Gasteiger partial charge in [0, 0.05) is 30.4 Å². The highest BCUT2D eigenvalue weighted by molar-refractivity contribution is 7.90. The fraction of sp³-hybridized carbons (Fsp3) is 0.357. The number of nitrogens with zero attached hydrogens (tertiary/aromatic N) is 3. The molecule has 2 rings (SSSR count). The number of nitro groups is 1. The molecule has 22 heavy (non-hydrogen) atoms. The summed E-state index contributed by atoms with van der Waals surface area (Å²) < 4.78 is 26.7. The SMILES string of the molecule is CCCc1nccn1S(=O)(=O)c1ccc([N+](=O)[O-])c(C)c1C. The third kappa shape index (κ3) is 2.61. The normalized spacial score (nSPS) is 11.6. The summed E-state index contributed by atoms with van der Waals surface area (Å²) in [6.07, 6.45) is 4.15. The van der Waals surface area contributed by atoms with Gasteiger partial charge in [0.1, 0.15) is 5.82 Å². The first-order valence-electron chi connectivity index (χ1n) is 6.83. The predicted molar refractivity (Wildman–Crippen MR) is 81.4 cm³/mol. The van der Waals surface area contributed by atoms with Crippen LogP contribution in [0.2, 0.25) is 0 Å². The van der Waals surface area contributed by atoms with Crippen LogP contribution >= 0.6 is 0 Å². The second-order valence-electron chi connectivity index (χ2n) is 4.98. The largest absolute Gasteiger partial charge is 0.272 e. The fourth-order valence-electron chi connectivity index (χ4n) is 2.30. The maximum absolute atomic E-state index is 12.8. The second kappa shape index (κ2) is 5.88. The summed E-state index contributed by atoms with van der Waals surface area (Å²) in [4.78, 5) is 14.6. The number of imidazole rings is 1. The van der Waals surface area contributed by atoms with Crippen molar-refractivity contribution in [2.45, 2.75) is 38.5 Å². The van der Waals surface area contributed by atoms with Crippen molar-refractivity contribution in [3.63, 3.8) is 0 Å². The van der Waals surface area contributed by atoms with E-state index >= 15 is 0 Å². The molecule has 0 saturated heterocycles. The monoisotopic (exact) mass is 323 g/mol. The molecule has 7 nitrogen and oxygen atoms in total. The fourth-order valence-corrected chi connectivity index (χ4v) is 3.93. The van der Waals surface area contributed by atoms with Gasteiger partial charge < -0.3 is 0 Å². The third-order valence-corrected chi connectivity index (χ3v) is 5.44. The first kappa shape index (κ1) is 16.2. The van der Waals surface area contributed by atoms with Crippen molar-refractivity contribution >= 4 is 15.7 Å². The average Bonchev–Trinajstić information content (AvgIpc) is 2.90. The molecule has 0 fully saturated rings. The van der Waals surface area contributed by atoms with Gasteiger partial charge in [0.05, 0.1) is 9.82 Å². The van der Waals surface area contributed by atoms with Crippen molar-refractivity contribution in [1.29, 1.82) is 0 Å². The van der Waals surface area contributed by atoms with E-state index in [0.29, 0.717) is 23.4 Å². The van der Waals surface area contributed by atoms with Crippen molar-refractivity contribution in [3.8, 4) is 0 Å². The van der Waals surface area contributed by atoms with Crippen molar-refractivity contribution in [2.75, 3.05) is 0 Å². The molecule has 0 aliphatic carbocycles. The smallest absolute Gasteiger partial charge is 0.258 e. The molecule has 118 valence electrons. The summed E-state index contributed by atoms with van der Waals surface area (Å²) in [6.45, 7) is 5.06. The molecule has 1 heterocycles. The summed E-state index contributed by atoms with van der Waals surface area (Å²) in [5, 5.41) is 10.9. The van der Waals surface area contributed by atoms with Gasteiger partial charge in [-0.05, 0) is 31.9 Å². The van der Waals surface area contributed by atoms with E-state index in [0.717, 1.165) is 10.4 Å². The van der Waals surface area contributed by atoms with Gasteiger partial charge in [-0.25, -0.2) is 17.4 Å². The molecule has 0 unspecified atom stereocenters. The second-order valence-corrected chi connectivity index (χ2v) is 6.77. The highest BCUT2D eigenvalue weighted by Crippen LogP contribution is 2.28. The van der Waals surface area contributed by atoms with Gasteiger partial charge in [0.25, 0.3) is 15.7 Å². The van der Waals surface area contributed by atoms with E-state index in [2.05, 4.69) is 4.98 Å². The first-order valence-corrected chi connectivity index (χ1v) is 8.27. The maximum Gasteiger partial charge on any atom is 0.272 e. The predicted octanol–water partition coefficient (Wildman–Crippen LogP) is 2.60. The number of hydrogen-bond donors (Lipinski definition) is 0. The first-order chi connectivity index (χ1) is 10.3. The molecule has 2 aromatic rings. The Kier molecular flexibility index (Phi) is 4.32. The Morgan fingerprint density at radius 2 is 1.95 bits per heavy atom.